The molecule has 5 nitrogen and oxygen atoms in total. The molecule has 33 heavy (non-hydrogen) atoms. The van der Waals surface area contributed by atoms with Crippen molar-refractivity contribution in [2.45, 2.75) is 31.4 Å². The third-order valence-corrected chi connectivity index (χ3v) is 7.69. The van der Waals surface area contributed by atoms with Crippen molar-refractivity contribution in [1.29, 1.82) is 0 Å². The van der Waals surface area contributed by atoms with Crippen LogP contribution in [0.25, 0.3) is 10.2 Å². The number of amides is 1. The SMILES string of the molecule is Cc1ccc(C)c(SCc2nc3sc(C(=O)N(C)c4ccc(F)c(F)c4)c(C)c3c(=O)[nH]2)c1. The van der Waals surface area contributed by atoms with Gasteiger partial charge in [-0.2, -0.15) is 0 Å². The first kappa shape index (κ1) is 23.1. The van der Waals surface area contributed by atoms with E-state index in [0.29, 0.717) is 32.2 Å². The van der Waals surface area contributed by atoms with E-state index < -0.39 is 17.5 Å². The molecule has 0 aliphatic carbocycles. The van der Waals surface area contributed by atoms with Gasteiger partial charge in [0, 0.05) is 23.7 Å². The highest BCUT2D eigenvalue weighted by Gasteiger charge is 2.23. The van der Waals surface area contributed by atoms with Crippen molar-refractivity contribution in [3.8, 4) is 0 Å². The average molecular weight is 486 g/mol. The number of hydrogen-bond acceptors (Lipinski definition) is 5. The lowest BCUT2D eigenvalue weighted by atomic mass is 10.2. The number of aromatic nitrogens is 2. The van der Waals surface area contributed by atoms with Crippen molar-refractivity contribution in [3.63, 3.8) is 0 Å². The van der Waals surface area contributed by atoms with E-state index in [9.17, 15) is 18.4 Å². The molecule has 0 saturated heterocycles. The Labute approximate surface area is 197 Å². The van der Waals surface area contributed by atoms with Crippen LogP contribution in [0.3, 0.4) is 0 Å². The van der Waals surface area contributed by atoms with Crippen LogP contribution in [-0.4, -0.2) is 22.9 Å². The molecule has 0 fully saturated rings. The quantitative estimate of drug-likeness (QED) is 0.365. The maximum atomic E-state index is 13.6. The zero-order valence-electron chi connectivity index (χ0n) is 18.5. The molecule has 0 atom stereocenters. The van der Waals surface area contributed by atoms with Crippen molar-refractivity contribution >= 4 is 44.9 Å². The second kappa shape index (κ2) is 9.07. The van der Waals surface area contributed by atoms with Crippen LogP contribution in [-0.2, 0) is 5.75 Å². The second-order valence-corrected chi connectivity index (χ2v) is 9.79. The number of nitrogens with one attached hydrogen (secondary N) is 1. The number of fused-ring (bicyclic) bond motifs is 1. The van der Waals surface area contributed by atoms with E-state index in [2.05, 4.69) is 28.2 Å². The number of nitrogens with zero attached hydrogens (tertiary/aromatic N) is 2. The fraction of sp³-hybridized carbons (Fsp3) is 0.208. The Morgan fingerprint density at radius 1 is 1.12 bits per heavy atom. The molecule has 1 N–H and O–H groups in total. The number of carbonyl (C=O) groups is 1. The zero-order chi connectivity index (χ0) is 23.9. The molecule has 4 rings (SSSR count). The van der Waals surface area contributed by atoms with Gasteiger partial charge in [0.25, 0.3) is 11.5 Å². The summed E-state index contributed by atoms with van der Waals surface area (Å²) in [5.74, 6) is -1.45. The maximum Gasteiger partial charge on any atom is 0.268 e. The first-order valence-electron chi connectivity index (χ1n) is 10.1. The van der Waals surface area contributed by atoms with Crippen molar-refractivity contribution < 1.29 is 13.6 Å². The predicted octanol–water partition coefficient (Wildman–Crippen LogP) is 5.76. The molecule has 1 amide bonds. The highest BCUT2D eigenvalue weighted by molar-refractivity contribution is 7.98. The molecule has 0 bridgehead atoms. The molecule has 0 aliphatic rings. The zero-order valence-corrected chi connectivity index (χ0v) is 20.1. The van der Waals surface area contributed by atoms with E-state index in [0.717, 1.165) is 39.5 Å². The Morgan fingerprint density at radius 2 is 1.88 bits per heavy atom. The topological polar surface area (TPSA) is 66.1 Å². The molecule has 170 valence electrons. The number of aromatic amines is 1. The number of H-pyrrole nitrogens is 1. The number of rotatable bonds is 5. The Bertz CT molecular complexity index is 1450. The molecule has 9 heteroatoms. The summed E-state index contributed by atoms with van der Waals surface area (Å²) in [5.41, 5.74) is 2.72. The van der Waals surface area contributed by atoms with E-state index in [-0.39, 0.29) is 11.2 Å². The second-order valence-electron chi connectivity index (χ2n) is 7.77. The van der Waals surface area contributed by atoms with E-state index in [4.69, 9.17) is 0 Å². The summed E-state index contributed by atoms with van der Waals surface area (Å²) in [4.78, 5) is 36.4. The molecule has 0 spiro atoms. The number of thioether (sulfide) groups is 1. The lowest BCUT2D eigenvalue weighted by Crippen LogP contribution is -2.26. The van der Waals surface area contributed by atoms with Gasteiger partial charge in [0.05, 0.1) is 16.0 Å². The summed E-state index contributed by atoms with van der Waals surface area (Å²) >= 11 is 2.70. The minimum absolute atomic E-state index is 0.211. The first-order valence-corrected chi connectivity index (χ1v) is 11.9. The molecule has 0 saturated carbocycles. The summed E-state index contributed by atoms with van der Waals surface area (Å²) in [7, 11) is 1.47. The minimum atomic E-state index is -1.04. The molecule has 2 aromatic heterocycles. The van der Waals surface area contributed by atoms with Crippen LogP contribution in [0.1, 0.15) is 32.2 Å². The van der Waals surface area contributed by atoms with Gasteiger partial charge in [0.1, 0.15) is 10.7 Å². The van der Waals surface area contributed by atoms with Crippen molar-refractivity contribution in [1.82, 2.24) is 9.97 Å². The van der Waals surface area contributed by atoms with Gasteiger partial charge < -0.3 is 9.88 Å². The van der Waals surface area contributed by atoms with Crippen molar-refractivity contribution in [2.24, 2.45) is 0 Å². The Kier molecular flexibility index (Phi) is 6.36. The average Bonchev–Trinajstić information content (AvgIpc) is 3.12. The van der Waals surface area contributed by atoms with Gasteiger partial charge in [-0.25, -0.2) is 13.8 Å². The van der Waals surface area contributed by atoms with Crippen LogP contribution >= 0.6 is 23.1 Å². The van der Waals surface area contributed by atoms with E-state index in [1.807, 2.05) is 13.8 Å². The first-order chi connectivity index (χ1) is 15.7. The number of hydrogen-bond donors (Lipinski definition) is 1. The fourth-order valence-corrected chi connectivity index (χ4v) is 5.60. The number of halogens is 2. The molecule has 0 aliphatic heterocycles. The molecule has 0 radical (unpaired) electrons. The van der Waals surface area contributed by atoms with Gasteiger partial charge in [-0.1, -0.05) is 17.7 Å². The van der Waals surface area contributed by atoms with Crippen LogP contribution in [0.2, 0.25) is 0 Å². The lowest BCUT2D eigenvalue weighted by molar-refractivity contribution is 0.0996. The standard InChI is InChI=1S/C24H21F2N3O2S2/c1-12-5-6-13(2)18(9-12)32-11-19-27-22(30)20-14(3)21(33-23(20)28-19)24(31)29(4)15-7-8-16(25)17(26)10-15/h5-10H,11H2,1-4H3,(H,27,28,30). The number of carbonyl (C=O) groups excluding carboxylic acids is 1. The van der Waals surface area contributed by atoms with Gasteiger partial charge in [-0.3, -0.25) is 9.59 Å². The third kappa shape index (κ3) is 4.56. The number of benzene rings is 2. The highest BCUT2D eigenvalue weighted by atomic mass is 32.2. The van der Waals surface area contributed by atoms with E-state index in [1.165, 1.54) is 18.0 Å². The van der Waals surface area contributed by atoms with Crippen LogP contribution < -0.4 is 10.5 Å². The Morgan fingerprint density at radius 3 is 2.61 bits per heavy atom. The van der Waals surface area contributed by atoms with Crippen LogP contribution in [0.15, 0.2) is 46.1 Å². The Hall–Kier alpha value is -3.04. The predicted molar refractivity (Wildman–Crippen MR) is 130 cm³/mol. The summed E-state index contributed by atoms with van der Waals surface area (Å²) < 4.78 is 26.9. The molecule has 4 aromatic rings. The van der Waals surface area contributed by atoms with Crippen LogP contribution in [0, 0.1) is 32.4 Å². The maximum absolute atomic E-state index is 13.6. The largest absolute Gasteiger partial charge is 0.311 e. The highest BCUT2D eigenvalue weighted by Crippen LogP contribution is 2.31. The summed E-state index contributed by atoms with van der Waals surface area (Å²) in [5, 5.41) is 0.363. The molecular formula is C24H21F2N3O2S2. The minimum Gasteiger partial charge on any atom is -0.311 e. The normalized spacial score (nSPS) is 11.2. The fourth-order valence-electron chi connectivity index (χ4n) is 3.43. The third-order valence-electron chi connectivity index (χ3n) is 5.35. The van der Waals surface area contributed by atoms with Crippen LogP contribution in [0.4, 0.5) is 14.5 Å². The van der Waals surface area contributed by atoms with Gasteiger partial charge >= 0.3 is 0 Å². The molecular weight excluding hydrogens is 464 g/mol. The Balaban J connectivity index is 1.64. The number of thiophene rings is 1. The summed E-state index contributed by atoms with van der Waals surface area (Å²) in [6.45, 7) is 5.75. The summed E-state index contributed by atoms with van der Waals surface area (Å²) in [6, 6.07) is 9.46. The monoisotopic (exact) mass is 485 g/mol. The van der Waals surface area contributed by atoms with Gasteiger partial charge in [-0.05, 0) is 50.1 Å². The summed E-state index contributed by atoms with van der Waals surface area (Å²) in [6.07, 6.45) is 0. The lowest BCUT2D eigenvalue weighted by Gasteiger charge is -2.17. The van der Waals surface area contributed by atoms with E-state index in [1.54, 1.807) is 18.7 Å². The molecule has 0 unspecified atom stereocenters. The van der Waals surface area contributed by atoms with Gasteiger partial charge in [-0.15, -0.1) is 23.1 Å². The van der Waals surface area contributed by atoms with Gasteiger partial charge in [0.2, 0.25) is 0 Å². The van der Waals surface area contributed by atoms with Gasteiger partial charge in [0.15, 0.2) is 11.6 Å². The van der Waals surface area contributed by atoms with Crippen LogP contribution in [0.5, 0.6) is 0 Å². The smallest absolute Gasteiger partial charge is 0.268 e. The van der Waals surface area contributed by atoms with Crippen molar-refractivity contribution in [2.75, 3.05) is 11.9 Å². The number of anilines is 1. The van der Waals surface area contributed by atoms with E-state index >= 15 is 0 Å². The number of aryl methyl sites for hydroxylation is 3. The molecule has 2 aromatic carbocycles. The van der Waals surface area contributed by atoms with Crippen molar-refractivity contribution in [3.05, 3.63) is 85.8 Å². The molecule has 2 heterocycles.